The first-order valence-electron chi connectivity index (χ1n) is 25.9. The van der Waals surface area contributed by atoms with Crippen molar-refractivity contribution < 1.29 is 49.3 Å². The highest BCUT2D eigenvalue weighted by Crippen LogP contribution is 2.26. The zero-order valence-electron chi connectivity index (χ0n) is 41.3. The zero-order chi connectivity index (χ0) is 48.3. The van der Waals surface area contributed by atoms with Crippen LogP contribution in [0.25, 0.3) is 0 Å². The van der Waals surface area contributed by atoms with E-state index < -0.39 is 67.4 Å². The van der Waals surface area contributed by atoms with Crippen molar-refractivity contribution in [3.63, 3.8) is 0 Å². The second-order valence-electron chi connectivity index (χ2n) is 17.6. The van der Waals surface area contributed by atoms with Crippen molar-refractivity contribution in [2.75, 3.05) is 13.2 Å². The fourth-order valence-corrected chi connectivity index (χ4v) is 7.52. The number of esters is 1. The lowest BCUT2D eigenvalue weighted by Gasteiger charge is -2.41. The molecule has 11 nitrogen and oxygen atoms in total. The van der Waals surface area contributed by atoms with Gasteiger partial charge in [0.2, 0.25) is 5.91 Å². The number of amides is 1. The molecule has 1 rings (SSSR count). The van der Waals surface area contributed by atoms with Crippen molar-refractivity contribution in [2.45, 2.75) is 237 Å². The molecule has 66 heavy (non-hydrogen) atoms. The van der Waals surface area contributed by atoms with E-state index in [0.29, 0.717) is 12.8 Å². The highest BCUT2D eigenvalue weighted by Gasteiger charge is 2.47. The van der Waals surface area contributed by atoms with Gasteiger partial charge in [0.25, 0.3) is 0 Å². The number of ether oxygens (including phenoxy) is 3. The SMILES string of the molecule is CC/C=C/C=C/C=C\C=C/CCCCC(O)C(=O)NC(COC1OC(CO)C(O)C(O)C1OC(=O)CCCCCCCCC/C=C/C/C=C/CC)C(O)/C=C/CCCCCCCCCCC. The summed E-state index contributed by atoms with van der Waals surface area (Å²) in [5.74, 6) is -1.25. The summed E-state index contributed by atoms with van der Waals surface area (Å²) in [4.78, 5) is 26.3. The first-order valence-corrected chi connectivity index (χ1v) is 25.9. The van der Waals surface area contributed by atoms with Gasteiger partial charge in [0.05, 0.1) is 25.4 Å². The molecular weight excluding hydrogens is 835 g/mol. The third-order valence-electron chi connectivity index (χ3n) is 11.6. The van der Waals surface area contributed by atoms with Crippen LogP contribution in [0.2, 0.25) is 0 Å². The predicted octanol–water partition coefficient (Wildman–Crippen LogP) is 10.7. The van der Waals surface area contributed by atoms with Gasteiger partial charge in [0.15, 0.2) is 12.4 Å². The van der Waals surface area contributed by atoms with Crippen LogP contribution in [-0.2, 0) is 23.8 Å². The van der Waals surface area contributed by atoms with E-state index in [0.717, 1.165) is 96.3 Å². The van der Waals surface area contributed by atoms with Gasteiger partial charge in [-0.1, -0.05) is 196 Å². The van der Waals surface area contributed by atoms with Crippen LogP contribution in [0, 0.1) is 0 Å². The number of hydrogen-bond acceptors (Lipinski definition) is 10. The third-order valence-corrected chi connectivity index (χ3v) is 11.6. The summed E-state index contributed by atoms with van der Waals surface area (Å²) in [7, 11) is 0. The van der Waals surface area contributed by atoms with E-state index in [-0.39, 0.29) is 19.4 Å². The number of aliphatic hydroxyl groups excluding tert-OH is 5. The monoisotopic (exact) mass is 928 g/mol. The number of nitrogens with one attached hydrogen (secondary N) is 1. The summed E-state index contributed by atoms with van der Waals surface area (Å²) in [6, 6.07) is -1.05. The largest absolute Gasteiger partial charge is 0.454 e. The average Bonchev–Trinajstić information content (AvgIpc) is 3.31. The normalized spacial score (nSPS) is 20.9. The fourth-order valence-electron chi connectivity index (χ4n) is 7.52. The van der Waals surface area contributed by atoms with E-state index in [2.05, 4.69) is 56.5 Å². The molecule has 0 bridgehead atoms. The Morgan fingerprint density at radius 1 is 0.621 bits per heavy atom. The van der Waals surface area contributed by atoms with Crippen LogP contribution < -0.4 is 5.32 Å². The fraction of sp³-hybridized carbons (Fsp3) is 0.709. The number of hydrogen-bond donors (Lipinski definition) is 6. The maximum absolute atomic E-state index is 13.3. The number of unbranched alkanes of at least 4 members (excludes halogenated alkanes) is 18. The minimum Gasteiger partial charge on any atom is -0.454 e. The lowest BCUT2D eigenvalue weighted by molar-refractivity contribution is -0.305. The maximum Gasteiger partial charge on any atom is 0.306 e. The van der Waals surface area contributed by atoms with Gasteiger partial charge in [0, 0.05) is 6.42 Å². The summed E-state index contributed by atoms with van der Waals surface area (Å²) in [6.45, 7) is 5.45. The Hall–Kier alpha value is -3.16. The molecule has 378 valence electrons. The molecule has 1 saturated heterocycles. The number of carbonyl (C=O) groups is 2. The summed E-state index contributed by atoms with van der Waals surface area (Å²) in [6.07, 6.45) is 43.6. The lowest BCUT2D eigenvalue weighted by atomic mass is 9.99. The van der Waals surface area contributed by atoms with E-state index in [1.807, 2.05) is 48.6 Å². The van der Waals surface area contributed by atoms with Gasteiger partial charge in [-0.05, 0) is 70.6 Å². The van der Waals surface area contributed by atoms with Crippen molar-refractivity contribution in [1.82, 2.24) is 5.32 Å². The molecule has 1 amide bonds. The van der Waals surface area contributed by atoms with Gasteiger partial charge in [0.1, 0.15) is 24.4 Å². The molecule has 1 heterocycles. The molecular formula is C55H93NO10. The van der Waals surface area contributed by atoms with Gasteiger partial charge >= 0.3 is 5.97 Å². The van der Waals surface area contributed by atoms with E-state index in [4.69, 9.17) is 14.2 Å². The highest BCUT2D eigenvalue weighted by atomic mass is 16.7. The first kappa shape index (κ1) is 60.9. The quantitative estimate of drug-likeness (QED) is 0.0150. The summed E-state index contributed by atoms with van der Waals surface area (Å²) < 4.78 is 17.5. The predicted molar refractivity (Wildman–Crippen MR) is 269 cm³/mol. The molecule has 1 fully saturated rings. The maximum atomic E-state index is 13.3. The van der Waals surface area contributed by atoms with Crippen molar-refractivity contribution in [3.8, 4) is 0 Å². The van der Waals surface area contributed by atoms with Crippen LogP contribution in [0.5, 0.6) is 0 Å². The number of allylic oxidation sites excluding steroid dienone is 13. The Bertz CT molecular complexity index is 1390. The molecule has 0 aliphatic carbocycles. The number of aliphatic hydroxyl groups is 5. The van der Waals surface area contributed by atoms with Crippen molar-refractivity contribution >= 4 is 11.9 Å². The Kier molecular flexibility index (Phi) is 39.8. The van der Waals surface area contributed by atoms with Crippen molar-refractivity contribution in [1.29, 1.82) is 0 Å². The van der Waals surface area contributed by atoms with E-state index >= 15 is 0 Å². The van der Waals surface area contributed by atoms with Crippen LogP contribution in [0.3, 0.4) is 0 Å². The number of carbonyl (C=O) groups excluding carboxylic acids is 2. The average molecular weight is 928 g/mol. The van der Waals surface area contributed by atoms with Gasteiger partial charge < -0.3 is 45.1 Å². The molecule has 11 heteroatoms. The Balaban J connectivity index is 2.81. The van der Waals surface area contributed by atoms with E-state index in [9.17, 15) is 35.1 Å². The summed E-state index contributed by atoms with van der Waals surface area (Å²) in [5.41, 5.74) is 0. The molecule has 1 aliphatic rings. The topological polar surface area (TPSA) is 175 Å². The lowest BCUT2D eigenvalue weighted by Crippen LogP contribution is -2.61. The first-order chi connectivity index (χ1) is 32.2. The van der Waals surface area contributed by atoms with Crippen LogP contribution in [0.1, 0.15) is 188 Å². The Morgan fingerprint density at radius 3 is 1.80 bits per heavy atom. The van der Waals surface area contributed by atoms with Crippen LogP contribution in [0.4, 0.5) is 0 Å². The van der Waals surface area contributed by atoms with Crippen LogP contribution in [-0.4, -0.2) is 99.6 Å². The molecule has 6 N–H and O–H groups in total. The van der Waals surface area contributed by atoms with E-state index in [1.54, 1.807) is 6.08 Å². The highest BCUT2D eigenvalue weighted by molar-refractivity contribution is 5.80. The van der Waals surface area contributed by atoms with Crippen LogP contribution in [0.15, 0.2) is 85.1 Å². The van der Waals surface area contributed by atoms with Gasteiger partial charge in [-0.15, -0.1) is 0 Å². The van der Waals surface area contributed by atoms with Gasteiger partial charge in [-0.3, -0.25) is 9.59 Å². The molecule has 0 radical (unpaired) electrons. The molecule has 0 aromatic carbocycles. The minimum absolute atomic E-state index is 0.105. The smallest absolute Gasteiger partial charge is 0.306 e. The molecule has 0 saturated carbocycles. The van der Waals surface area contributed by atoms with Gasteiger partial charge in [-0.2, -0.15) is 0 Å². The zero-order valence-corrected chi connectivity index (χ0v) is 41.3. The second-order valence-corrected chi connectivity index (χ2v) is 17.6. The van der Waals surface area contributed by atoms with Crippen molar-refractivity contribution in [3.05, 3.63) is 85.1 Å². The molecule has 0 spiro atoms. The molecule has 0 aromatic rings. The molecule has 1 aliphatic heterocycles. The molecule has 0 aromatic heterocycles. The number of rotatable bonds is 41. The van der Waals surface area contributed by atoms with Crippen LogP contribution >= 0.6 is 0 Å². The standard InChI is InChI=1S/C55H93NO10/c1-4-7-10-13-16-19-22-24-25-28-31-34-37-40-43-50(60)66-53-52(62)51(61)49(44-57)65-55(53)64-45-46(47(58)41-38-35-32-29-26-21-18-15-12-9-6-3)56-54(63)48(59)42-39-36-33-30-27-23-20-17-14-11-8-5-2/h7-8,10-11,14,16-17,19-20,23,27,30,38,41,46-49,51-53,55,57-59,61-62H,4-6,9,12-13,15,18,21-22,24-26,28-29,31-37,39-40,42-45H2,1-3H3,(H,56,63)/b10-7+,11-8+,17-14+,19-16+,23-20-,30-27-,41-38+. The summed E-state index contributed by atoms with van der Waals surface area (Å²) >= 11 is 0. The molecule has 8 unspecified atom stereocenters. The Morgan fingerprint density at radius 2 is 1.17 bits per heavy atom. The third kappa shape index (κ3) is 31.7. The second kappa shape index (κ2) is 43.1. The van der Waals surface area contributed by atoms with Gasteiger partial charge in [-0.25, -0.2) is 0 Å². The van der Waals surface area contributed by atoms with Crippen molar-refractivity contribution in [2.24, 2.45) is 0 Å². The Labute approximate surface area is 400 Å². The minimum atomic E-state index is -1.63. The van der Waals surface area contributed by atoms with E-state index in [1.165, 1.54) is 44.9 Å². The summed E-state index contributed by atoms with van der Waals surface area (Å²) in [5, 5.41) is 56.5. The molecule has 8 atom stereocenters.